The van der Waals surface area contributed by atoms with Crippen LogP contribution in [0, 0.1) is 0 Å². The first kappa shape index (κ1) is 19.1. The molecule has 0 radical (unpaired) electrons. The van der Waals surface area contributed by atoms with Crippen LogP contribution in [0.25, 0.3) is 5.69 Å². The molecule has 150 valence electrons. The van der Waals surface area contributed by atoms with Crippen molar-refractivity contribution in [2.24, 2.45) is 7.05 Å². The summed E-state index contributed by atoms with van der Waals surface area (Å²) in [6, 6.07) is 16.5. The maximum Gasteiger partial charge on any atom is 0.258 e. The van der Waals surface area contributed by atoms with E-state index < -0.39 is 0 Å². The molecular formula is C21H19N7O2. The molecule has 2 heterocycles. The molecule has 2 aromatic carbocycles. The van der Waals surface area contributed by atoms with Crippen LogP contribution in [0.5, 0.6) is 0 Å². The van der Waals surface area contributed by atoms with Crippen molar-refractivity contribution in [2.75, 3.05) is 10.6 Å². The van der Waals surface area contributed by atoms with Gasteiger partial charge in [0.15, 0.2) is 0 Å². The van der Waals surface area contributed by atoms with Crippen LogP contribution < -0.4 is 10.6 Å². The van der Waals surface area contributed by atoms with Gasteiger partial charge in [0.2, 0.25) is 11.9 Å². The van der Waals surface area contributed by atoms with Crippen molar-refractivity contribution in [3.05, 3.63) is 84.4 Å². The molecule has 0 spiro atoms. The lowest BCUT2D eigenvalue weighted by Crippen LogP contribution is -2.14. The Morgan fingerprint density at radius 1 is 1.03 bits per heavy atom. The number of hydrogen-bond donors (Lipinski definition) is 2. The number of carbonyl (C=O) groups is 2. The van der Waals surface area contributed by atoms with Gasteiger partial charge in [-0.2, -0.15) is 5.10 Å². The van der Waals surface area contributed by atoms with Gasteiger partial charge >= 0.3 is 0 Å². The SMILES string of the molecule is Cn1cnc(NC(=O)c2cccc(-n3cc(NC(=O)Cc4ccccc4)cn3)c2)n1. The van der Waals surface area contributed by atoms with Crippen LogP contribution in [-0.4, -0.2) is 36.4 Å². The van der Waals surface area contributed by atoms with Crippen molar-refractivity contribution in [1.29, 1.82) is 0 Å². The summed E-state index contributed by atoms with van der Waals surface area (Å²) in [5.41, 5.74) is 2.62. The molecular weight excluding hydrogens is 382 g/mol. The minimum absolute atomic E-state index is 0.128. The van der Waals surface area contributed by atoms with E-state index >= 15 is 0 Å². The molecule has 2 N–H and O–H groups in total. The summed E-state index contributed by atoms with van der Waals surface area (Å²) in [7, 11) is 1.72. The molecule has 2 aromatic heterocycles. The number of hydrogen-bond acceptors (Lipinski definition) is 5. The first-order valence-electron chi connectivity index (χ1n) is 9.23. The third kappa shape index (κ3) is 4.58. The molecule has 2 amide bonds. The Morgan fingerprint density at radius 3 is 2.63 bits per heavy atom. The number of anilines is 2. The summed E-state index contributed by atoms with van der Waals surface area (Å²) in [6.45, 7) is 0. The number of carbonyl (C=O) groups excluding carboxylic acids is 2. The molecule has 0 fully saturated rings. The van der Waals surface area contributed by atoms with Gasteiger partial charge in [-0.05, 0) is 23.8 Å². The molecule has 4 rings (SSSR count). The number of aromatic nitrogens is 5. The van der Waals surface area contributed by atoms with E-state index in [4.69, 9.17) is 0 Å². The molecule has 0 aliphatic rings. The minimum Gasteiger partial charge on any atom is -0.323 e. The number of benzene rings is 2. The minimum atomic E-state index is -0.327. The lowest BCUT2D eigenvalue weighted by atomic mass is 10.1. The molecule has 0 aliphatic carbocycles. The van der Waals surface area contributed by atoms with Gasteiger partial charge < -0.3 is 5.32 Å². The van der Waals surface area contributed by atoms with Crippen LogP contribution in [0.15, 0.2) is 73.3 Å². The highest BCUT2D eigenvalue weighted by Crippen LogP contribution is 2.15. The van der Waals surface area contributed by atoms with E-state index in [-0.39, 0.29) is 24.2 Å². The quantitative estimate of drug-likeness (QED) is 0.516. The molecule has 0 saturated carbocycles. The second-order valence-corrected chi connectivity index (χ2v) is 6.63. The average Bonchev–Trinajstić information content (AvgIpc) is 3.37. The third-order valence-corrected chi connectivity index (χ3v) is 4.27. The van der Waals surface area contributed by atoms with Crippen molar-refractivity contribution >= 4 is 23.5 Å². The van der Waals surface area contributed by atoms with Crippen LogP contribution in [-0.2, 0) is 18.3 Å². The highest BCUT2D eigenvalue weighted by Gasteiger charge is 2.11. The summed E-state index contributed by atoms with van der Waals surface area (Å²) >= 11 is 0. The largest absolute Gasteiger partial charge is 0.323 e. The van der Waals surface area contributed by atoms with E-state index in [9.17, 15) is 9.59 Å². The number of rotatable bonds is 6. The van der Waals surface area contributed by atoms with Gasteiger partial charge in [0.1, 0.15) is 6.33 Å². The number of nitrogens with zero attached hydrogens (tertiary/aromatic N) is 5. The fraction of sp³-hybridized carbons (Fsp3) is 0.0952. The van der Waals surface area contributed by atoms with Gasteiger partial charge in [-0.25, -0.2) is 9.67 Å². The fourth-order valence-corrected chi connectivity index (χ4v) is 2.87. The molecule has 9 heteroatoms. The van der Waals surface area contributed by atoms with Crippen LogP contribution in [0.3, 0.4) is 0 Å². The Kier molecular flexibility index (Phi) is 5.33. The van der Waals surface area contributed by atoms with E-state index in [0.29, 0.717) is 16.9 Å². The fourth-order valence-electron chi connectivity index (χ4n) is 2.87. The first-order chi connectivity index (χ1) is 14.6. The Bertz CT molecular complexity index is 1180. The Hall–Kier alpha value is -4.27. The first-order valence-corrected chi connectivity index (χ1v) is 9.23. The van der Waals surface area contributed by atoms with Crippen molar-refractivity contribution in [3.63, 3.8) is 0 Å². The predicted molar refractivity (Wildman–Crippen MR) is 111 cm³/mol. The van der Waals surface area contributed by atoms with Gasteiger partial charge in [0.25, 0.3) is 5.91 Å². The zero-order valence-corrected chi connectivity index (χ0v) is 16.2. The second-order valence-electron chi connectivity index (χ2n) is 6.63. The van der Waals surface area contributed by atoms with Crippen LogP contribution in [0.2, 0.25) is 0 Å². The van der Waals surface area contributed by atoms with Crippen LogP contribution >= 0.6 is 0 Å². The van der Waals surface area contributed by atoms with Crippen molar-refractivity contribution < 1.29 is 9.59 Å². The van der Waals surface area contributed by atoms with Crippen LogP contribution in [0.1, 0.15) is 15.9 Å². The predicted octanol–water partition coefficient (Wildman–Crippen LogP) is 2.43. The molecule has 9 nitrogen and oxygen atoms in total. The molecule has 0 atom stereocenters. The van der Waals surface area contributed by atoms with E-state index in [1.807, 2.05) is 36.4 Å². The molecule has 0 bridgehead atoms. The summed E-state index contributed by atoms with van der Waals surface area (Å²) < 4.78 is 3.09. The van der Waals surface area contributed by atoms with Gasteiger partial charge in [0, 0.05) is 12.6 Å². The van der Waals surface area contributed by atoms with Gasteiger partial charge in [-0.15, -0.1) is 5.10 Å². The number of nitrogens with one attached hydrogen (secondary N) is 2. The maximum atomic E-state index is 12.4. The van der Waals surface area contributed by atoms with Gasteiger partial charge in [0.05, 0.1) is 30.2 Å². The molecule has 0 saturated heterocycles. The lowest BCUT2D eigenvalue weighted by Gasteiger charge is -2.05. The number of aryl methyl sites for hydroxylation is 1. The van der Waals surface area contributed by atoms with E-state index in [0.717, 1.165) is 5.56 Å². The highest BCUT2D eigenvalue weighted by molar-refractivity contribution is 6.03. The summed E-state index contributed by atoms with van der Waals surface area (Å²) in [4.78, 5) is 28.7. The smallest absolute Gasteiger partial charge is 0.258 e. The molecule has 0 unspecified atom stereocenters. The van der Waals surface area contributed by atoms with Crippen molar-refractivity contribution in [2.45, 2.75) is 6.42 Å². The van der Waals surface area contributed by atoms with Crippen molar-refractivity contribution in [1.82, 2.24) is 24.5 Å². The summed E-state index contributed by atoms with van der Waals surface area (Å²) in [6.07, 6.45) is 5.04. The molecule has 4 aromatic rings. The van der Waals surface area contributed by atoms with E-state index in [2.05, 4.69) is 25.8 Å². The third-order valence-electron chi connectivity index (χ3n) is 4.27. The highest BCUT2D eigenvalue weighted by atomic mass is 16.2. The zero-order valence-electron chi connectivity index (χ0n) is 16.2. The Labute approximate surface area is 172 Å². The van der Waals surface area contributed by atoms with Gasteiger partial charge in [-0.1, -0.05) is 36.4 Å². The van der Waals surface area contributed by atoms with Crippen LogP contribution in [0.4, 0.5) is 11.6 Å². The second kappa shape index (κ2) is 8.39. The monoisotopic (exact) mass is 401 g/mol. The van der Waals surface area contributed by atoms with E-state index in [1.165, 1.54) is 11.0 Å². The van der Waals surface area contributed by atoms with Crippen molar-refractivity contribution in [3.8, 4) is 5.69 Å². The maximum absolute atomic E-state index is 12.4. The molecule has 0 aliphatic heterocycles. The number of amides is 2. The topological polar surface area (TPSA) is 107 Å². The normalized spacial score (nSPS) is 10.6. The Morgan fingerprint density at radius 2 is 1.87 bits per heavy atom. The standard InChI is InChI=1S/C21H19N7O2/c1-27-14-22-21(26-27)25-20(30)16-8-5-9-18(11-16)28-13-17(12-23-28)24-19(29)10-15-6-3-2-4-7-15/h2-9,11-14H,10H2,1H3,(H,24,29)(H,25,26,30). The zero-order chi connectivity index (χ0) is 20.9. The van der Waals surface area contributed by atoms with E-state index in [1.54, 1.807) is 42.3 Å². The lowest BCUT2D eigenvalue weighted by molar-refractivity contribution is -0.115. The molecule has 30 heavy (non-hydrogen) atoms. The summed E-state index contributed by atoms with van der Waals surface area (Å²) in [5.74, 6) is -0.223. The average molecular weight is 401 g/mol. The summed E-state index contributed by atoms with van der Waals surface area (Å²) in [5, 5.41) is 13.8. The Balaban J connectivity index is 1.43. The van der Waals surface area contributed by atoms with Gasteiger partial charge in [-0.3, -0.25) is 19.6 Å².